The number of rotatable bonds is 4. The van der Waals surface area contributed by atoms with Crippen LogP contribution in [0.25, 0.3) is 0 Å². The van der Waals surface area contributed by atoms with Crippen molar-refractivity contribution in [3.05, 3.63) is 30.1 Å². The molecule has 1 aliphatic rings. The van der Waals surface area contributed by atoms with Gasteiger partial charge in [0.1, 0.15) is 5.82 Å². The van der Waals surface area contributed by atoms with Gasteiger partial charge in [0.25, 0.3) is 0 Å². The molecule has 21 heavy (non-hydrogen) atoms. The first kappa shape index (κ1) is 15.6. The molecule has 1 atom stereocenters. The van der Waals surface area contributed by atoms with Gasteiger partial charge < -0.3 is 15.1 Å². The van der Waals surface area contributed by atoms with Crippen molar-refractivity contribution in [2.24, 2.45) is 0 Å². The fourth-order valence-electron chi connectivity index (χ4n) is 2.67. The zero-order valence-corrected chi connectivity index (χ0v) is 12.8. The number of halogens is 1. The predicted octanol–water partition coefficient (Wildman–Crippen LogP) is 2.85. The van der Waals surface area contributed by atoms with Gasteiger partial charge in [-0.15, -0.1) is 0 Å². The molecular formula is C16H24FN3O. The molecule has 1 aliphatic heterocycles. The van der Waals surface area contributed by atoms with Crippen molar-refractivity contribution in [3.8, 4) is 0 Å². The molecule has 0 bridgehead atoms. The van der Waals surface area contributed by atoms with Gasteiger partial charge in [0, 0.05) is 32.2 Å². The number of piperazine rings is 1. The van der Waals surface area contributed by atoms with E-state index in [2.05, 4.69) is 12.2 Å². The zero-order valence-electron chi connectivity index (χ0n) is 12.8. The molecule has 1 saturated heterocycles. The minimum absolute atomic E-state index is 0.0101. The van der Waals surface area contributed by atoms with Gasteiger partial charge in [-0.25, -0.2) is 9.18 Å². The van der Waals surface area contributed by atoms with Crippen LogP contribution in [-0.4, -0.2) is 43.2 Å². The Morgan fingerprint density at radius 2 is 1.95 bits per heavy atom. The third-order valence-corrected chi connectivity index (χ3v) is 3.85. The number of anilines is 1. The quantitative estimate of drug-likeness (QED) is 0.926. The maximum absolute atomic E-state index is 13.8. The average molecular weight is 293 g/mol. The number of carbonyl (C=O) groups is 1. The van der Waals surface area contributed by atoms with Gasteiger partial charge in [-0.1, -0.05) is 25.5 Å². The van der Waals surface area contributed by atoms with Crippen molar-refractivity contribution in [3.63, 3.8) is 0 Å². The van der Waals surface area contributed by atoms with Gasteiger partial charge in [-0.05, 0) is 25.5 Å². The highest BCUT2D eigenvalue weighted by Crippen LogP contribution is 2.20. The number of amides is 2. The molecule has 0 aliphatic carbocycles. The summed E-state index contributed by atoms with van der Waals surface area (Å²) in [6.07, 6.45) is 2.05. The average Bonchev–Trinajstić information content (AvgIpc) is 2.48. The third kappa shape index (κ3) is 4.09. The van der Waals surface area contributed by atoms with Crippen LogP contribution in [0, 0.1) is 5.82 Å². The minimum atomic E-state index is -0.202. The smallest absolute Gasteiger partial charge is 0.317 e. The van der Waals surface area contributed by atoms with Gasteiger partial charge in [0.05, 0.1) is 5.69 Å². The molecule has 5 heteroatoms. The summed E-state index contributed by atoms with van der Waals surface area (Å²) in [5.41, 5.74) is 0.622. The molecule has 0 aromatic heterocycles. The summed E-state index contributed by atoms with van der Waals surface area (Å²) in [5.74, 6) is -0.202. The minimum Gasteiger partial charge on any atom is -0.366 e. The maximum Gasteiger partial charge on any atom is 0.317 e. The van der Waals surface area contributed by atoms with Gasteiger partial charge in [0.15, 0.2) is 0 Å². The molecule has 1 N–H and O–H groups in total. The number of urea groups is 1. The lowest BCUT2D eigenvalue weighted by atomic mass is 10.2. The van der Waals surface area contributed by atoms with Crippen LogP contribution in [0.15, 0.2) is 24.3 Å². The molecule has 4 nitrogen and oxygen atoms in total. The lowest BCUT2D eigenvalue weighted by Gasteiger charge is -2.36. The SMILES string of the molecule is CCCC(C)NC(=O)N1CCN(c2ccccc2F)CC1. The molecule has 1 unspecified atom stereocenters. The van der Waals surface area contributed by atoms with E-state index < -0.39 is 0 Å². The first-order valence-electron chi connectivity index (χ1n) is 7.66. The van der Waals surface area contributed by atoms with E-state index in [0.29, 0.717) is 31.9 Å². The number of hydrogen-bond donors (Lipinski definition) is 1. The van der Waals surface area contributed by atoms with E-state index >= 15 is 0 Å². The Labute approximate surface area is 125 Å². The van der Waals surface area contributed by atoms with Crippen LogP contribution in [0.5, 0.6) is 0 Å². The first-order chi connectivity index (χ1) is 10.1. The summed E-state index contributed by atoms with van der Waals surface area (Å²) in [5, 5.41) is 3.01. The standard InChI is InChI=1S/C16H24FN3O/c1-3-6-13(2)18-16(21)20-11-9-19(10-12-20)15-8-5-4-7-14(15)17/h4-5,7-8,13H,3,6,9-12H2,1-2H3,(H,18,21). The van der Waals surface area contributed by atoms with Crippen LogP contribution in [0.1, 0.15) is 26.7 Å². The van der Waals surface area contributed by atoms with Crippen LogP contribution in [0.3, 0.4) is 0 Å². The molecule has 0 radical (unpaired) electrons. The molecule has 2 rings (SSSR count). The second-order valence-corrected chi connectivity index (χ2v) is 5.56. The Kier molecular flexibility index (Phi) is 5.42. The third-order valence-electron chi connectivity index (χ3n) is 3.85. The summed E-state index contributed by atoms with van der Waals surface area (Å²) in [7, 11) is 0. The first-order valence-corrected chi connectivity index (χ1v) is 7.66. The number of benzene rings is 1. The topological polar surface area (TPSA) is 35.6 Å². The fraction of sp³-hybridized carbons (Fsp3) is 0.562. The predicted molar refractivity (Wildman–Crippen MR) is 83.1 cm³/mol. The van der Waals surface area contributed by atoms with E-state index in [-0.39, 0.29) is 17.9 Å². The lowest BCUT2D eigenvalue weighted by Crippen LogP contribution is -2.53. The summed E-state index contributed by atoms with van der Waals surface area (Å²) >= 11 is 0. The van der Waals surface area contributed by atoms with Crippen molar-refractivity contribution < 1.29 is 9.18 Å². The van der Waals surface area contributed by atoms with Crippen LogP contribution in [0.4, 0.5) is 14.9 Å². The van der Waals surface area contributed by atoms with Crippen molar-refractivity contribution in [2.75, 3.05) is 31.1 Å². The highest BCUT2D eigenvalue weighted by atomic mass is 19.1. The van der Waals surface area contributed by atoms with E-state index in [1.165, 1.54) is 6.07 Å². The second-order valence-electron chi connectivity index (χ2n) is 5.56. The Morgan fingerprint density at radius 3 is 2.57 bits per heavy atom. The summed E-state index contributed by atoms with van der Waals surface area (Å²) < 4.78 is 13.8. The second kappa shape index (κ2) is 7.29. The Morgan fingerprint density at radius 1 is 1.29 bits per heavy atom. The van der Waals surface area contributed by atoms with Crippen molar-refractivity contribution in [1.29, 1.82) is 0 Å². The Balaban J connectivity index is 1.86. The number of nitrogens with one attached hydrogen (secondary N) is 1. The lowest BCUT2D eigenvalue weighted by molar-refractivity contribution is 0.190. The monoisotopic (exact) mass is 293 g/mol. The fourth-order valence-corrected chi connectivity index (χ4v) is 2.67. The van der Waals surface area contributed by atoms with Crippen molar-refractivity contribution in [1.82, 2.24) is 10.2 Å². The molecule has 1 aromatic carbocycles. The van der Waals surface area contributed by atoms with Gasteiger partial charge in [-0.3, -0.25) is 0 Å². The van der Waals surface area contributed by atoms with Crippen molar-refractivity contribution in [2.45, 2.75) is 32.7 Å². The maximum atomic E-state index is 13.8. The number of carbonyl (C=O) groups excluding carboxylic acids is 1. The van der Waals surface area contributed by atoms with Gasteiger partial charge in [-0.2, -0.15) is 0 Å². The normalized spacial score (nSPS) is 16.7. The van der Waals surface area contributed by atoms with Gasteiger partial charge >= 0.3 is 6.03 Å². The molecule has 116 valence electrons. The van der Waals surface area contributed by atoms with Crippen LogP contribution >= 0.6 is 0 Å². The molecule has 0 spiro atoms. The molecule has 2 amide bonds. The van der Waals surface area contributed by atoms with E-state index in [0.717, 1.165) is 12.8 Å². The zero-order chi connectivity index (χ0) is 15.2. The van der Waals surface area contributed by atoms with Crippen molar-refractivity contribution >= 4 is 11.7 Å². The number of nitrogens with zero attached hydrogens (tertiary/aromatic N) is 2. The van der Waals surface area contributed by atoms with Gasteiger partial charge in [0.2, 0.25) is 0 Å². The Hall–Kier alpha value is -1.78. The van der Waals surface area contributed by atoms with Crippen LogP contribution < -0.4 is 10.2 Å². The summed E-state index contributed by atoms with van der Waals surface area (Å²) in [6, 6.07) is 6.98. The van der Waals surface area contributed by atoms with E-state index in [1.54, 1.807) is 12.1 Å². The molecule has 1 fully saturated rings. The molecule has 0 saturated carbocycles. The van der Waals surface area contributed by atoms with E-state index in [1.807, 2.05) is 22.8 Å². The number of para-hydroxylation sites is 1. The highest BCUT2D eigenvalue weighted by Gasteiger charge is 2.23. The molecule has 1 aromatic rings. The largest absolute Gasteiger partial charge is 0.366 e. The molecule has 1 heterocycles. The number of hydrogen-bond acceptors (Lipinski definition) is 2. The Bertz CT molecular complexity index is 472. The summed E-state index contributed by atoms with van der Waals surface area (Å²) in [6.45, 7) is 6.71. The molecular weight excluding hydrogens is 269 g/mol. The van der Waals surface area contributed by atoms with E-state index in [9.17, 15) is 9.18 Å². The highest BCUT2D eigenvalue weighted by molar-refractivity contribution is 5.74. The van der Waals surface area contributed by atoms with E-state index in [4.69, 9.17) is 0 Å². The summed E-state index contributed by atoms with van der Waals surface area (Å²) in [4.78, 5) is 15.9. The van der Waals surface area contributed by atoms with Crippen LogP contribution in [0.2, 0.25) is 0 Å². The van der Waals surface area contributed by atoms with Crippen LogP contribution in [-0.2, 0) is 0 Å².